The number of halogens is 1. The highest BCUT2D eigenvalue weighted by molar-refractivity contribution is 5.24. The maximum absolute atomic E-state index is 13.5. The van der Waals surface area contributed by atoms with Gasteiger partial charge in [-0.3, -0.25) is 0 Å². The van der Waals surface area contributed by atoms with E-state index in [4.69, 9.17) is 15.2 Å². The molecule has 0 radical (unpaired) electrons. The number of rotatable bonds is 7. The zero-order valence-electron chi connectivity index (χ0n) is 11.2. The van der Waals surface area contributed by atoms with Crippen molar-refractivity contribution in [1.82, 2.24) is 0 Å². The third-order valence-electron chi connectivity index (χ3n) is 2.84. The van der Waals surface area contributed by atoms with Crippen molar-refractivity contribution in [2.45, 2.75) is 13.2 Å². The van der Waals surface area contributed by atoms with Crippen molar-refractivity contribution in [2.24, 2.45) is 5.73 Å². The smallest absolute Gasteiger partial charge is 0.128 e. The maximum Gasteiger partial charge on any atom is 0.128 e. The van der Waals surface area contributed by atoms with Gasteiger partial charge in [0.1, 0.15) is 18.2 Å². The van der Waals surface area contributed by atoms with Gasteiger partial charge in [0.05, 0.1) is 13.2 Å². The van der Waals surface area contributed by atoms with E-state index in [-0.39, 0.29) is 12.4 Å². The molecule has 2 aromatic carbocycles. The maximum atomic E-state index is 13.5. The van der Waals surface area contributed by atoms with E-state index in [2.05, 4.69) is 0 Å². The van der Waals surface area contributed by atoms with Crippen LogP contribution in [-0.2, 0) is 17.9 Å². The summed E-state index contributed by atoms with van der Waals surface area (Å²) in [6.07, 6.45) is 0. The summed E-state index contributed by atoms with van der Waals surface area (Å²) in [5.74, 6) is 0.526. The van der Waals surface area contributed by atoms with Crippen LogP contribution >= 0.6 is 0 Å². The SMILES string of the molecule is NCc1ccc(F)c(COCCOc2ccccc2)c1. The fraction of sp³-hybridized carbons (Fsp3) is 0.250. The summed E-state index contributed by atoms with van der Waals surface area (Å²) in [6, 6.07) is 14.3. The minimum absolute atomic E-state index is 0.220. The van der Waals surface area contributed by atoms with Crippen LogP contribution in [-0.4, -0.2) is 13.2 Å². The summed E-state index contributed by atoms with van der Waals surface area (Å²) in [7, 11) is 0. The van der Waals surface area contributed by atoms with E-state index in [1.54, 1.807) is 12.1 Å². The number of hydrogen-bond donors (Lipinski definition) is 1. The third kappa shape index (κ3) is 4.33. The quantitative estimate of drug-likeness (QED) is 0.790. The largest absolute Gasteiger partial charge is 0.491 e. The first-order valence-electron chi connectivity index (χ1n) is 6.52. The van der Waals surface area contributed by atoms with E-state index in [1.165, 1.54) is 6.07 Å². The number of nitrogens with two attached hydrogens (primary N) is 1. The fourth-order valence-electron chi connectivity index (χ4n) is 1.78. The fourth-order valence-corrected chi connectivity index (χ4v) is 1.78. The van der Waals surface area contributed by atoms with Crippen molar-refractivity contribution in [3.8, 4) is 5.75 Å². The Morgan fingerprint density at radius 3 is 2.55 bits per heavy atom. The molecule has 0 saturated carbocycles. The molecule has 106 valence electrons. The molecule has 0 unspecified atom stereocenters. The van der Waals surface area contributed by atoms with E-state index in [9.17, 15) is 4.39 Å². The second-order valence-electron chi connectivity index (χ2n) is 4.34. The molecule has 0 fully saturated rings. The monoisotopic (exact) mass is 275 g/mol. The minimum Gasteiger partial charge on any atom is -0.491 e. The minimum atomic E-state index is -0.272. The number of para-hydroxylation sites is 1. The highest BCUT2D eigenvalue weighted by atomic mass is 19.1. The Hall–Kier alpha value is -1.91. The topological polar surface area (TPSA) is 44.5 Å². The van der Waals surface area contributed by atoms with Gasteiger partial charge in [-0.05, 0) is 29.8 Å². The Kier molecular flexibility index (Phi) is 5.53. The highest BCUT2D eigenvalue weighted by Crippen LogP contribution is 2.12. The summed E-state index contributed by atoms with van der Waals surface area (Å²) in [5.41, 5.74) is 6.94. The molecule has 0 aromatic heterocycles. The van der Waals surface area contributed by atoms with Crippen molar-refractivity contribution in [3.05, 3.63) is 65.5 Å². The van der Waals surface area contributed by atoms with E-state index in [0.29, 0.717) is 25.3 Å². The molecule has 0 spiro atoms. The van der Waals surface area contributed by atoms with E-state index in [1.807, 2.05) is 30.3 Å². The molecule has 0 saturated heterocycles. The van der Waals surface area contributed by atoms with Crippen LogP contribution in [0, 0.1) is 5.82 Å². The molecular formula is C16H18FNO2. The van der Waals surface area contributed by atoms with Crippen LogP contribution in [0.4, 0.5) is 4.39 Å². The highest BCUT2D eigenvalue weighted by Gasteiger charge is 2.03. The van der Waals surface area contributed by atoms with E-state index >= 15 is 0 Å². The van der Waals surface area contributed by atoms with Crippen molar-refractivity contribution in [1.29, 1.82) is 0 Å². The summed E-state index contributed by atoms with van der Waals surface area (Å²) >= 11 is 0. The van der Waals surface area contributed by atoms with Gasteiger partial charge < -0.3 is 15.2 Å². The molecule has 0 atom stereocenters. The van der Waals surface area contributed by atoms with Crippen LogP contribution in [0.5, 0.6) is 5.75 Å². The van der Waals surface area contributed by atoms with Crippen LogP contribution in [0.1, 0.15) is 11.1 Å². The van der Waals surface area contributed by atoms with Gasteiger partial charge in [0.2, 0.25) is 0 Å². The molecule has 0 aliphatic carbocycles. The predicted octanol–water partition coefficient (Wildman–Crippen LogP) is 2.88. The van der Waals surface area contributed by atoms with Crippen LogP contribution in [0.3, 0.4) is 0 Å². The first-order chi connectivity index (χ1) is 9.79. The van der Waals surface area contributed by atoms with E-state index in [0.717, 1.165) is 11.3 Å². The van der Waals surface area contributed by atoms with Crippen molar-refractivity contribution in [3.63, 3.8) is 0 Å². The van der Waals surface area contributed by atoms with Crippen molar-refractivity contribution in [2.75, 3.05) is 13.2 Å². The van der Waals surface area contributed by atoms with Gasteiger partial charge in [0.15, 0.2) is 0 Å². The molecule has 2 N–H and O–H groups in total. The molecular weight excluding hydrogens is 257 g/mol. The Balaban J connectivity index is 1.73. The summed E-state index contributed by atoms with van der Waals surface area (Å²) in [6.45, 7) is 1.45. The average Bonchev–Trinajstić information content (AvgIpc) is 2.50. The Morgan fingerprint density at radius 2 is 1.80 bits per heavy atom. The predicted molar refractivity (Wildman–Crippen MR) is 75.9 cm³/mol. The molecule has 0 amide bonds. The number of benzene rings is 2. The van der Waals surface area contributed by atoms with Crippen LogP contribution in [0.2, 0.25) is 0 Å². The van der Waals surface area contributed by atoms with Crippen LogP contribution in [0.25, 0.3) is 0 Å². The molecule has 0 aliphatic rings. The van der Waals surface area contributed by atoms with Gasteiger partial charge >= 0.3 is 0 Å². The van der Waals surface area contributed by atoms with Crippen LogP contribution in [0.15, 0.2) is 48.5 Å². The molecule has 0 bridgehead atoms. The summed E-state index contributed by atoms with van der Waals surface area (Å²) < 4.78 is 24.4. The van der Waals surface area contributed by atoms with Gasteiger partial charge in [-0.2, -0.15) is 0 Å². The van der Waals surface area contributed by atoms with E-state index < -0.39 is 0 Å². The van der Waals surface area contributed by atoms with Gasteiger partial charge in [-0.1, -0.05) is 24.3 Å². The Labute approximate surface area is 118 Å². The third-order valence-corrected chi connectivity index (χ3v) is 2.84. The zero-order valence-corrected chi connectivity index (χ0v) is 11.2. The molecule has 3 nitrogen and oxygen atoms in total. The normalized spacial score (nSPS) is 10.5. The van der Waals surface area contributed by atoms with Crippen molar-refractivity contribution < 1.29 is 13.9 Å². The van der Waals surface area contributed by atoms with Crippen molar-refractivity contribution >= 4 is 0 Å². The lowest BCUT2D eigenvalue weighted by Crippen LogP contribution is -2.08. The van der Waals surface area contributed by atoms with Gasteiger partial charge in [-0.15, -0.1) is 0 Å². The molecule has 2 rings (SSSR count). The summed E-state index contributed by atoms with van der Waals surface area (Å²) in [4.78, 5) is 0. The number of hydrogen-bond acceptors (Lipinski definition) is 3. The summed E-state index contributed by atoms with van der Waals surface area (Å²) in [5, 5.41) is 0. The molecule has 4 heteroatoms. The second-order valence-corrected chi connectivity index (χ2v) is 4.34. The van der Waals surface area contributed by atoms with Crippen LogP contribution < -0.4 is 10.5 Å². The standard InChI is InChI=1S/C16H18FNO2/c17-16-7-6-13(11-18)10-14(16)12-19-8-9-20-15-4-2-1-3-5-15/h1-7,10H,8-9,11-12,18H2. The average molecular weight is 275 g/mol. The Bertz CT molecular complexity index is 531. The second kappa shape index (κ2) is 7.62. The first-order valence-corrected chi connectivity index (χ1v) is 6.52. The molecule has 0 heterocycles. The van der Waals surface area contributed by atoms with Gasteiger partial charge in [0.25, 0.3) is 0 Å². The molecule has 20 heavy (non-hydrogen) atoms. The lowest BCUT2D eigenvalue weighted by atomic mass is 10.1. The number of ether oxygens (including phenoxy) is 2. The lowest BCUT2D eigenvalue weighted by molar-refractivity contribution is 0.0871. The van der Waals surface area contributed by atoms with Gasteiger partial charge in [-0.25, -0.2) is 4.39 Å². The Morgan fingerprint density at radius 1 is 1.00 bits per heavy atom. The zero-order chi connectivity index (χ0) is 14.2. The molecule has 0 aliphatic heterocycles. The first kappa shape index (κ1) is 14.5. The van der Waals surface area contributed by atoms with Gasteiger partial charge in [0, 0.05) is 12.1 Å². The molecule has 2 aromatic rings. The lowest BCUT2D eigenvalue weighted by Gasteiger charge is -2.08.